The highest BCUT2D eigenvalue weighted by Gasteiger charge is 2.18. The number of anilines is 1. The molecule has 0 saturated heterocycles. The van der Waals surface area contributed by atoms with Gasteiger partial charge in [0.1, 0.15) is 18.0 Å². The molecule has 1 aliphatic heterocycles. The Balaban J connectivity index is 1.59. The SMILES string of the molecule is Cc1cc(NCC2CCc3nccn3C2)ncn1. The van der Waals surface area contributed by atoms with Gasteiger partial charge in [0.25, 0.3) is 0 Å². The van der Waals surface area contributed by atoms with Crippen LogP contribution in [0.25, 0.3) is 0 Å². The van der Waals surface area contributed by atoms with Gasteiger partial charge in [-0.05, 0) is 19.3 Å². The molecule has 2 aromatic heterocycles. The van der Waals surface area contributed by atoms with Crippen LogP contribution in [0.1, 0.15) is 17.9 Å². The van der Waals surface area contributed by atoms with E-state index in [1.807, 2.05) is 19.2 Å². The first-order valence-electron chi connectivity index (χ1n) is 6.34. The number of fused-ring (bicyclic) bond motifs is 1. The van der Waals surface area contributed by atoms with E-state index in [1.165, 1.54) is 12.2 Å². The number of aryl methyl sites for hydroxylation is 2. The average molecular weight is 243 g/mol. The number of nitrogens with zero attached hydrogens (tertiary/aromatic N) is 4. The minimum atomic E-state index is 0.641. The van der Waals surface area contributed by atoms with Gasteiger partial charge in [-0.25, -0.2) is 15.0 Å². The molecule has 18 heavy (non-hydrogen) atoms. The van der Waals surface area contributed by atoms with Gasteiger partial charge in [-0.1, -0.05) is 0 Å². The Hall–Kier alpha value is -1.91. The Labute approximate surface area is 106 Å². The normalized spacial score (nSPS) is 18.4. The van der Waals surface area contributed by atoms with E-state index in [4.69, 9.17) is 0 Å². The molecule has 0 radical (unpaired) electrons. The molecule has 1 unspecified atom stereocenters. The van der Waals surface area contributed by atoms with Crippen molar-refractivity contribution in [2.75, 3.05) is 11.9 Å². The van der Waals surface area contributed by atoms with Gasteiger partial charge in [-0.3, -0.25) is 0 Å². The standard InChI is InChI=1S/C13H17N5/c1-10-6-12(17-9-16-10)15-7-11-2-3-13-14-4-5-18(13)8-11/h4-6,9,11H,2-3,7-8H2,1H3,(H,15,16,17). The maximum absolute atomic E-state index is 4.34. The van der Waals surface area contributed by atoms with Crippen molar-refractivity contribution in [1.29, 1.82) is 0 Å². The van der Waals surface area contributed by atoms with E-state index in [1.54, 1.807) is 6.33 Å². The third-order valence-corrected chi connectivity index (χ3v) is 3.41. The molecule has 94 valence electrons. The molecular formula is C13H17N5. The van der Waals surface area contributed by atoms with Crippen molar-refractivity contribution in [3.05, 3.63) is 36.3 Å². The molecule has 3 rings (SSSR count). The van der Waals surface area contributed by atoms with Crippen molar-refractivity contribution in [2.45, 2.75) is 26.3 Å². The molecule has 0 bridgehead atoms. The Morgan fingerprint density at radius 2 is 2.33 bits per heavy atom. The van der Waals surface area contributed by atoms with Crippen LogP contribution < -0.4 is 5.32 Å². The summed E-state index contributed by atoms with van der Waals surface area (Å²) in [5.74, 6) is 2.77. The van der Waals surface area contributed by atoms with Crippen molar-refractivity contribution in [3.63, 3.8) is 0 Å². The number of aromatic nitrogens is 4. The highest BCUT2D eigenvalue weighted by atomic mass is 15.1. The summed E-state index contributed by atoms with van der Waals surface area (Å²) in [5.41, 5.74) is 0.994. The second-order valence-electron chi connectivity index (χ2n) is 4.83. The lowest BCUT2D eigenvalue weighted by Gasteiger charge is -2.24. The minimum absolute atomic E-state index is 0.641. The second-order valence-corrected chi connectivity index (χ2v) is 4.83. The van der Waals surface area contributed by atoms with Crippen molar-refractivity contribution in [2.24, 2.45) is 5.92 Å². The fourth-order valence-electron chi connectivity index (χ4n) is 2.40. The molecule has 5 heteroatoms. The average Bonchev–Trinajstić information content (AvgIpc) is 2.84. The van der Waals surface area contributed by atoms with Crippen molar-refractivity contribution in [3.8, 4) is 0 Å². The number of hydrogen-bond donors (Lipinski definition) is 1. The highest BCUT2D eigenvalue weighted by Crippen LogP contribution is 2.19. The Bertz CT molecular complexity index is 534. The first-order chi connectivity index (χ1) is 8.81. The third-order valence-electron chi connectivity index (χ3n) is 3.41. The summed E-state index contributed by atoms with van der Waals surface area (Å²) in [6, 6.07) is 1.98. The fourth-order valence-corrected chi connectivity index (χ4v) is 2.40. The maximum Gasteiger partial charge on any atom is 0.129 e. The maximum atomic E-state index is 4.34. The molecule has 1 aliphatic rings. The van der Waals surface area contributed by atoms with Crippen LogP contribution in [0, 0.1) is 12.8 Å². The molecule has 0 aliphatic carbocycles. The monoisotopic (exact) mass is 243 g/mol. The first kappa shape index (κ1) is 11.2. The Kier molecular flexibility index (Phi) is 2.96. The molecule has 0 amide bonds. The summed E-state index contributed by atoms with van der Waals surface area (Å²) in [4.78, 5) is 12.7. The third kappa shape index (κ3) is 2.34. The van der Waals surface area contributed by atoms with E-state index in [9.17, 15) is 0 Å². The van der Waals surface area contributed by atoms with Crippen molar-refractivity contribution >= 4 is 5.82 Å². The molecule has 3 heterocycles. The number of rotatable bonds is 3. The predicted molar refractivity (Wildman–Crippen MR) is 69.3 cm³/mol. The van der Waals surface area contributed by atoms with Gasteiger partial charge in [-0.2, -0.15) is 0 Å². The zero-order valence-corrected chi connectivity index (χ0v) is 10.5. The molecule has 2 aromatic rings. The van der Waals surface area contributed by atoms with Crippen LogP contribution in [0.5, 0.6) is 0 Å². The molecule has 0 spiro atoms. The minimum Gasteiger partial charge on any atom is -0.370 e. The molecule has 1 atom stereocenters. The predicted octanol–water partition coefficient (Wildman–Crippen LogP) is 1.66. The zero-order valence-electron chi connectivity index (χ0n) is 10.5. The van der Waals surface area contributed by atoms with E-state index in [2.05, 4.69) is 31.0 Å². The topological polar surface area (TPSA) is 55.6 Å². The summed E-state index contributed by atoms with van der Waals surface area (Å²) < 4.78 is 2.25. The number of nitrogens with one attached hydrogen (secondary N) is 1. The highest BCUT2D eigenvalue weighted by molar-refractivity contribution is 5.34. The molecule has 0 aromatic carbocycles. The van der Waals surface area contributed by atoms with Gasteiger partial charge < -0.3 is 9.88 Å². The van der Waals surface area contributed by atoms with Gasteiger partial charge in [0.2, 0.25) is 0 Å². The summed E-state index contributed by atoms with van der Waals surface area (Å²) in [6.45, 7) is 3.98. The van der Waals surface area contributed by atoms with E-state index >= 15 is 0 Å². The van der Waals surface area contributed by atoms with E-state index in [0.717, 1.165) is 31.0 Å². The van der Waals surface area contributed by atoms with Crippen LogP contribution in [-0.4, -0.2) is 26.1 Å². The lowest BCUT2D eigenvalue weighted by molar-refractivity contribution is 0.381. The lowest BCUT2D eigenvalue weighted by Crippen LogP contribution is -2.26. The van der Waals surface area contributed by atoms with Gasteiger partial charge in [0.15, 0.2) is 0 Å². The number of hydrogen-bond acceptors (Lipinski definition) is 4. The van der Waals surface area contributed by atoms with Crippen LogP contribution in [0.4, 0.5) is 5.82 Å². The Morgan fingerprint density at radius 3 is 3.22 bits per heavy atom. The lowest BCUT2D eigenvalue weighted by atomic mass is 9.99. The van der Waals surface area contributed by atoms with Crippen molar-refractivity contribution in [1.82, 2.24) is 19.5 Å². The van der Waals surface area contributed by atoms with E-state index < -0.39 is 0 Å². The summed E-state index contributed by atoms with van der Waals surface area (Å²) in [5, 5.41) is 3.39. The summed E-state index contributed by atoms with van der Waals surface area (Å²) >= 11 is 0. The van der Waals surface area contributed by atoms with Crippen LogP contribution in [0.3, 0.4) is 0 Å². The summed E-state index contributed by atoms with van der Waals surface area (Å²) in [7, 11) is 0. The fraction of sp³-hybridized carbons (Fsp3) is 0.462. The van der Waals surface area contributed by atoms with Crippen LogP contribution in [-0.2, 0) is 13.0 Å². The van der Waals surface area contributed by atoms with Gasteiger partial charge in [-0.15, -0.1) is 0 Å². The van der Waals surface area contributed by atoms with E-state index in [0.29, 0.717) is 5.92 Å². The van der Waals surface area contributed by atoms with Crippen LogP contribution >= 0.6 is 0 Å². The summed E-state index contributed by atoms with van der Waals surface area (Å²) in [6.07, 6.45) is 7.82. The van der Waals surface area contributed by atoms with Crippen LogP contribution in [0.2, 0.25) is 0 Å². The molecule has 5 nitrogen and oxygen atoms in total. The van der Waals surface area contributed by atoms with Crippen LogP contribution in [0.15, 0.2) is 24.8 Å². The smallest absolute Gasteiger partial charge is 0.129 e. The Morgan fingerprint density at radius 1 is 1.39 bits per heavy atom. The largest absolute Gasteiger partial charge is 0.370 e. The quantitative estimate of drug-likeness (QED) is 0.890. The molecule has 0 fully saturated rings. The zero-order chi connectivity index (χ0) is 12.4. The van der Waals surface area contributed by atoms with Crippen molar-refractivity contribution < 1.29 is 0 Å². The molecule has 1 N–H and O–H groups in total. The number of imidazole rings is 1. The van der Waals surface area contributed by atoms with Gasteiger partial charge in [0.05, 0.1) is 0 Å². The second kappa shape index (κ2) is 4.76. The molecular weight excluding hydrogens is 226 g/mol. The molecule has 0 saturated carbocycles. The van der Waals surface area contributed by atoms with E-state index in [-0.39, 0.29) is 0 Å². The van der Waals surface area contributed by atoms with Gasteiger partial charge in [0, 0.05) is 43.7 Å². The van der Waals surface area contributed by atoms with Gasteiger partial charge >= 0.3 is 0 Å². The first-order valence-corrected chi connectivity index (χ1v) is 6.34.